The molecule has 3 nitrogen and oxygen atoms in total. The molecule has 1 aliphatic heterocycles. The molecule has 2 heterocycles. The zero-order chi connectivity index (χ0) is 13.1. The van der Waals surface area contributed by atoms with Gasteiger partial charge in [0, 0.05) is 30.0 Å². The minimum atomic E-state index is 0.164. The third-order valence-electron chi connectivity index (χ3n) is 3.60. The lowest BCUT2D eigenvalue weighted by atomic mass is 9.97. The second-order valence-corrected chi connectivity index (χ2v) is 5.93. The van der Waals surface area contributed by atoms with E-state index >= 15 is 0 Å². The highest BCUT2D eigenvalue weighted by Gasteiger charge is 2.23. The second-order valence-electron chi connectivity index (χ2n) is 4.98. The number of aromatic nitrogens is 1. The van der Waals surface area contributed by atoms with E-state index in [4.69, 9.17) is 10.5 Å². The van der Waals surface area contributed by atoms with E-state index in [0.29, 0.717) is 5.92 Å². The summed E-state index contributed by atoms with van der Waals surface area (Å²) in [5, 5.41) is 3.24. The van der Waals surface area contributed by atoms with E-state index in [-0.39, 0.29) is 6.04 Å². The van der Waals surface area contributed by atoms with Gasteiger partial charge in [-0.1, -0.05) is 30.3 Å². The van der Waals surface area contributed by atoms with E-state index in [1.54, 1.807) is 11.3 Å². The maximum atomic E-state index is 6.25. The number of ether oxygens (including phenoxy) is 1. The van der Waals surface area contributed by atoms with Gasteiger partial charge in [0.05, 0.1) is 17.3 Å². The molecule has 3 rings (SSSR count). The Morgan fingerprint density at radius 3 is 2.95 bits per heavy atom. The van der Waals surface area contributed by atoms with Crippen molar-refractivity contribution in [1.82, 2.24) is 4.98 Å². The van der Waals surface area contributed by atoms with Crippen LogP contribution in [0, 0.1) is 5.92 Å². The molecule has 1 saturated heterocycles. The Kier molecular flexibility index (Phi) is 3.92. The summed E-state index contributed by atoms with van der Waals surface area (Å²) in [7, 11) is 0. The van der Waals surface area contributed by atoms with E-state index < -0.39 is 0 Å². The first-order valence-corrected chi connectivity index (χ1v) is 7.54. The van der Waals surface area contributed by atoms with Crippen molar-refractivity contribution in [2.75, 3.05) is 13.2 Å². The van der Waals surface area contributed by atoms with Crippen molar-refractivity contribution in [2.45, 2.75) is 18.9 Å². The molecular formula is C15H18N2OS. The Bertz CT molecular complexity index is 520. The summed E-state index contributed by atoms with van der Waals surface area (Å²) in [6.07, 6.45) is 1.93. The lowest BCUT2D eigenvalue weighted by Crippen LogP contribution is -2.32. The van der Waals surface area contributed by atoms with Crippen molar-refractivity contribution in [3.63, 3.8) is 0 Å². The topological polar surface area (TPSA) is 48.1 Å². The van der Waals surface area contributed by atoms with Gasteiger partial charge in [0.15, 0.2) is 0 Å². The normalized spacial score (nSPS) is 20.6. The molecule has 2 atom stereocenters. The van der Waals surface area contributed by atoms with E-state index in [0.717, 1.165) is 36.8 Å². The molecule has 0 bridgehead atoms. The van der Waals surface area contributed by atoms with Gasteiger partial charge >= 0.3 is 0 Å². The summed E-state index contributed by atoms with van der Waals surface area (Å²) in [6, 6.07) is 10.4. The zero-order valence-electron chi connectivity index (χ0n) is 10.8. The predicted molar refractivity (Wildman–Crippen MR) is 78.2 cm³/mol. The van der Waals surface area contributed by atoms with Crippen LogP contribution >= 0.6 is 11.3 Å². The highest BCUT2D eigenvalue weighted by atomic mass is 32.1. The maximum absolute atomic E-state index is 6.25. The van der Waals surface area contributed by atoms with Crippen molar-refractivity contribution in [2.24, 2.45) is 11.7 Å². The molecule has 0 radical (unpaired) electrons. The molecule has 0 amide bonds. The third-order valence-corrected chi connectivity index (χ3v) is 4.47. The van der Waals surface area contributed by atoms with Crippen LogP contribution in [0.25, 0.3) is 11.3 Å². The van der Waals surface area contributed by atoms with Gasteiger partial charge in [-0.15, -0.1) is 11.3 Å². The van der Waals surface area contributed by atoms with Gasteiger partial charge in [-0.25, -0.2) is 4.98 Å². The van der Waals surface area contributed by atoms with Gasteiger partial charge in [0.25, 0.3) is 0 Å². The predicted octanol–water partition coefficient (Wildman–Crippen LogP) is 2.72. The number of thiazole rings is 1. The molecule has 2 aromatic rings. The van der Waals surface area contributed by atoms with Crippen molar-refractivity contribution in [3.05, 3.63) is 40.7 Å². The molecule has 0 saturated carbocycles. The van der Waals surface area contributed by atoms with Gasteiger partial charge in [-0.3, -0.25) is 0 Å². The first-order chi connectivity index (χ1) is 9.33. The summed E-state index contributed by atoms with van der Waals surface area (Å²) in [4.78, 5) is 4.69. The lowest BCUT2D eigenvalue weighted by Gasteiger charge is -2.15. The summed E-state index contributed by atoms with van der Waals surface area (Å²) < 4.78 is 5.39. The maximum Gasteiger partial charge on any atom is 0.0948 e. The molecule has 1 aromatic heterocycles. The Morgan fingerprint density at radius 2 is 2.21 bits per heavy atom. The Balaban J connectivity index is 1.68. The first kappa shape index (κ1) is 12.8. The van der Waals surface area contributed by atoms with Gasteiger partial charge in [0.1, 0.15) is 0 Å². The molecule has 100 valence electrons. The molecule has 2 unspecified atom stereocenters. The zero-order valence-corrected chi connectivity index (χ0v) is 11.6. The fraction of sp³-hybridized carbons (Fsp3) is 0.400. The average molecular weight is 274 g/mol. The smallest absolute Gasteiger partial charge is 0.0948 e. The average Bonchev–Trinajstić information content (AvgIpc) is 3.11. The number of hydrogen-bond acceptors (Lipinski definition) is 4. The largest absolute Gasteiger partial charge is 0.381 e. The van der Waals surface area contributed by atoms with Crippen LogP contribution in [-0.4, -0.2) is 24.2 Å². The number of rotatable bonds is 4. The first-order valence-electron chi connectivity index (χ1n) is 6.66. The van der Waals surface area contributed by atoms with Gasteiger partial charge < -0.3 is 10.5 Å². The van der Waals surface area contributed by atoms with Crippen LogP contribution in [0.1, 0.15) is 11.4 Å². The SMILES string of the molecule is NC(Cc1nc(-c2ccccc2)cs1)C1CCOC1. The fourth-order valence-corrected chi connectivity index (χ4v) is 3.28. The number of nitrogens with two attached hydrogens (primary N) is 1. The highest BCUT2D eigenvalue weighted by molar-refractivity contribution is 7.09. The second kappa shape index (κ2) is 5.82. The fourth-order valence-electron chi connectivity index (χ4n) is 2.40. The Morgan fingerprint density at radius 1 is 1.37 bits per heavy atom. The summed E-state index contributed by atoms with van der Waals surface area (Å²) in [5.74, 6) is 0.490. The molecule has 1 aliphatic rings. The van der Waals surface area contributed by atoms with Gasteiger partial charge in [-0.2, -0.15) is 0 Å². The molecule has 0 spiro atoms. The minimum Gasteiger partial charge on any atom is -0.381 e. The molecule has 4 heteroatoms. The Hall–Kier alpha value is -1.23. The van der Waals surface area contributed by atoms with Crippen LogP contribution in [0.5, 0.6) is 0 Å². The van der Waals surface area contributed by atoms with Crippen molar-refractivity contribution in [3.8, 4) is 11.3 Å². The standard InChI is InChI=1S/C15H18N2OS/c16-13(12-6-7-18-9-12)8-15-17-14(10-19-15)11-4-2-1-3-5-11/h1-5,10,12-13H,6-9,16H2. The molecule has 1 aromatic carbocycles. The molecular weight excluding hydrogens is 256 g/mol. The quantitative estimate of drug-likeness (QED) is 0.932. The summed E-state index contributed by atoms with van der Waals surface area (Å²) in [5.41, 5.74) is 8.47. The van der Waals surface area contributed by atoms with Crippen molar-refractivity contribution < 1.29 is 4.74 Å². The summed E-state index contributed by atoms with van der Waals surface area (Å²) >= 11 is 1.70. The van der Waals surface area contributed by atoms with Crippen LogP contribution in [0.3, 0.4) is 0 Å². The minimum absolute atomic E-state index is 0.164. The van der Waals surface area contributed by atoms with Gasteiger partial charge in [0.2, 0.25) is 0 Å². The lowest BCUT2D eigenvalue weighted by molar-refractivity contribution is 0.180. The van der Waals surface area contributed by atoms with Crippen molar-refractivity contribution >= 4 is 11.3 Å². The molecule has 1 fully saturated rings. The van der Waals surface area contributed by atoms with E-state index in [1.807, 2.05) is 18.2 Å². The summed E-state index contributed by atoms with van der Waals surface area (Å²) in [6.45, 7) is 1.66. The molecule has 2 N–H and O–H groups in total. The van der Waals surface area contributed by atoms with Crippen LogP contribution in [0.2, 0.25) is 0 Å². The highest BCUT2D eigenvalue weighted by Crippen LogP contribution is 2.24. The molecule has 19 heavy (non-hydrogen) atoms. The van der Waals surface area contributed by atoms with E-state index in [2.05, 4.69) is 22.5 Å². The van der Waals surface area contributed by atoms with Crippen LogP contribution in [0.15, 0.2) is 35.7 Å². The number of benzene rings is 1. The number of hydrogen-bond donors (Lipinski definition) is 1. The van der Waals surface area contributed by atoms with Gasteiger partial charge in [-0.05, 0) is 12.3 Å². The number of nitrogens with zero attached hydrogens (tertiary/aromatic N) is 1. The third kappa shape index (κ3) is 3.03. The molecule has 0 aliphatic carbocycles. The van der Waals surface area contributed by atoms with E-state index in [1.165, 1.54) is 5.56 Å². The van der Waals surface area contributed by atoms with Crippen LogP contribution < -0.4 is 5.73 Å². The van der Waals surface area contributed by atoms with Crippen LogP contribution in [0.4, 0.5) is 0 Å². The Labute approximate surface area is 117 Å². The van der Waals surface area contributed by atoms with Crippen LogP contribution in [-0.2, 0) is 11.2 Å². The monoisotopic (exact) mass is 274 g/mol. The van der Waals surface area contributed by atoms with E-state index in [9.17, 15) is 0 Å². The van der Waals surface area contributed by atoms with Crippen molar-refractivity contribution in [1.29, 1.82) is 0 Å².